The predicted octanol–water partition coefficient (Wildman–Crippen LogP) is 5.96. The second kappa shape index (κ2) is 15.4. The predicted molar refractivity (Wildman–Crippen MR) is 89.8 cm³/mol. The summed E-state index contributed by atoms with van der Waals surface area (Å²) in [6.07, 6.45) is 23.8. The molecule has 0 saturated carbocycles. The Labute approximate surface area is 120 Å². The molecule has 0 fully saturated rings. The Hall–Kier alpha value is 0.350. The van der Waals surface area contributed by atoms with Gasteiger partial charge < -0.3 is 0 Å². The van der Waals surface area contributed by atoms with Crippen LogP contribution in [-0.4, -0.2) is 18.3 Å². The topological polar surface area (TPSA) is 0 Å². The lowest BCUT2D eigenvalue weighted by Crippen LogP contribution is -2.00. The first-order chi connectivity index (χ1) is 8.77. The average molecular weight is 274 g/mol. The highest BCUT2D eigenvalue weighted by molar-refractivity contribution is 7.95. The summed E-state index contributed by atoms with van der Waals surface area (Å²) < 4.78 is 0. The molecule has 0 N–H and O–H groups in total. The summed E-state index contributed by atoms with van der Waals surface area (Å²) in [5, 5.41) is 0. The van der Waals surface area contributed by atoms with Gasteiger partial charge in [0.1, 0.15) is 5.75 Å². The third kappa shape index (κ3) is 16.4. The third-order valence-corrected chi connectivity index (χ3v) is 4.76. The second-order valence-electron chi connectivity index (χ2n) is 5.93. The van der Waals surface area contributed by atoms with E-state index in [-0.39, 0.29) is 0 Å². The first-order valence-corrected chi connectivity index (χ1v) is 10.5. The summed E-state index contributed by atoms with van der Waals surface area (Å²) in [4.78, 5) is 0. The second-order valence-corrected chi connectivity index (χ2v) is 8.31. The van der Waals surface area contributed by atoms with Gasteiger partial charge in [-0.3, -0.25) is 0 Å². The van der Waals surface area contributed by atoms with Gasteiger partial charge in [-0.2, -0.15) is 0 Å². The van der Waals surface area contributed by atoms with Gasteiger partial charge in [-0.05, 0) is 23.7 Å². The number of hydrogen-bond acceptors (Lipinski definition) is 0. The average Bonchev–Trinajstić information content (AvgIpc) is 2.34. The molecule has 0 unspecified atom stereocenters. The maximum absolute atomic E-state index is 2.36. The number of rotatable bonds is 14. The van der Waals surface area contributed by atoms with Crippen molar-refractivity contribution >= 4 is 10.9 Å². The van der Waals surface area contributed by atoms with E-state index in [1.807, 2.05) is 0 Å². The Kier molecular flexibility index (Phi) is 15.7. The molecule has 0 aromatic heterocycles. The molecule has 0 bridgehead atoms. The highest BCUT2D eigenvalue weighted by atomic mass is 32.2. The smallest absolute Gasteiger partial charge is 0.0654 e. The Balaban J connectivity index is 2.90. The van der Waals surface area contributed by atoms with Crippen molar-refractivity contribution in [1.82, 2.24) is 0 Å². The van der Waals surface area contributed by atoms with E-state index in [4.69, 9.17) is 0 Å². The lowest BCUT2D eigenvalue weighted by Gasteiger charge is -2.02. The molecule has 1 heteroatoms. The molecule has 0 nitrogen and oxygen atoms in total. The van der Waals surface area contributed by atoms with Crippen molar-refractivity contribution in [3.05, 3.63) is 0 Å². The van der Waals surface area contributed by atoms with Gasteiger partial charge in [0.05, 0.1) is 12.5 Å². The SMILES string of the molecule is CCCCCCCCCCCCCCC[S+](C)C. The Morgan fingerprint density at radius 1 is 0.500 bits per heavy atom. The summed E-state index contributed by atoms with van der Waals surface area (Å²) >= 11 is 0. The largest absolute Gasteiger partial charge is 0.107 e. The minimum atomic E-state index is 0.669. The summed E-state index contributed by atoms with van der Waals surface area (Å²) in [6, 6.07) is 0. The van der Waals surface area contributed by atoms with Crippen LogP contribution in [0.5, 0.6) is 0 Å². The molecule has 0 aliphatic carbocycles. The molecule has 0 aromatic rings. The molecule has 0 amide bonds. The fraction of sp³-hybridized carbons (Fsp3) is 1.00. The van der Waals surface area contributed by atoms with Gasteiger partial charge >= 0.3 is 0 Å². The molecule has 0 atom stereocenters. The summed E-state index contributed by atoms with van der Waals surface area (Å²) in [5.41, 5.74) is 0. The molecule has 110 valence electrons. The first kappa shape index (κ1) is 18.4. The van der Waals surface area contributed by atoms with Crippen molar-refractivity contribution < 1.29 is 0 Å². The monoisotopic (exact) mass is 273 g/mol. The Morgan fingerprint density at radius 3 is 1.17 bits per heavy atom. The Bertz CT molecular complexity index is 143. The van der Waals surface area contributed by atoms with E-state index in [0.717, 1.165) is 0 Å². The number of hydrogen-bond donors (Lipinski definition) is 0. The zero-order chi connectivity index (χ0) is 13.5. The van der Waals surface area contributed by atoms with Crippen molar-refractivity contribution in [3.63, 3.8) is 0 Å². The third-order valence-electron chi connectivity index (χ3n) is 3.66. The van der Waals surface area contributed by atoms with E-state index < -0.39 is 0 Å². The van der Waals surface area contributed by atoms with Gasteiger partial charge in [0.15, 0.2) is 0 Å². The van der Waals surface area contributed by atoms with E-state index in [1.165, 1.54) is 89.2 Å². The maximum Gasteiger partial charge on any atom is 0.107 e. The lowest BCUT2D eigenvalue weighted by atomic mass is 10.1. The molecule has 0 spiro atoms. The van der Waals surface area contributed by atoms with Gasteiger partial charge in [-0.1, -0.05) is 77.6 Å². The zero-order valence-electron chi connectivity index (χ0n) is 13.3. The van der Waals surface area contributed by atoms with E-state index in [9.17, 15) is 0 Å². The van der Waals surface area contributed by atoms with E-state index in [1.54, 1.807) is 0 Å². The molecule has 0 aliphatic rings. The van der Waals surface area contributed by atoms with Crippen LogP contribution in [0.15, 0.2) is 0 Å². The van der Waals surface area contributed by atoms with Gasteiger partial charge in [-0.15, -0.1) is 0 Å². The van der Waals surface area contributed by atoms with Crippen LogP contribution in [0.1, 0.15) is 90.4 Å². The lowest BCUT2D eigenvalue weighted by molar-refractivity contribution is 0.543. The summed E-state index contributed by atoms with van der Waals surface area (Å²) in [6.45, 7) is 2.29. The summed E-state index contributed by atoms with van der Waals surface area (Å²) in [5.74, 6) is 1.46. The van der Waals surface area contributed by atoms with Crippen molar-refractivity contribution in [2.45, 2.75) is 90.4 Å². The minimum absolute atomic E-state index is 0.669. The van der Waals surface area contributed by atoms with Crippen molar-refractivity contribution in [2.24, 2.45) is 0 Å². The molecular weight excluding hydrogens is 236 g/mol. The highest BCUT2D eigenvalue weighted by Gasteiger charge is 2.00. The number of unbranched alkanes of at least 4 members (excludes halogenated alkanes) is 12. The Morgan fingerprint density at radius 2 is 0.833 bits per heavy atom. The maximum atomic E-state index is 2.36. The van der Waals surface area contributed by atoms with Crippen molar-refractivity contribution in [1.29, 1.82) is 0 Å². The molecule has 0 radical (unpaired) electrons. The summed E-state index contributed by atoms with van der Waals surface area (Å²) in [7, 11) is 0.669. The normalized spacial score (nSPS) is 11.3. The van der Waals surface area contributed by atoms with Gasteiger partial charge in [0.25, 0.3) is 0 Å². The highest BCUT2D eigenvalue weighted by Crippen LogP contribution is 2.12. The molecule has 0 saturated heterocycles. The fourth-order valence-electron chi connectivity index (χ4n) is 2.41. The van der Waals surface area contributed by atoms with Crippen LogP contribution in [0.25, 0.3) is 0 Å². The van der Waals surface area contributed by atoms with E-state index >= 15 is 0 Å². The standard InChI is InChI=1S/C17H37S/c1-4-5-6-7-8-9-10-11-12-13-14-15-16-17-18(2)3/h4-17H2,1-3H3/q+1. The van der Waals surface area contributed by atoms with Crippen LogP contribution in [0.3, 0.4) is 0 Å². The molecule has 0 aromatic carbocycles. The van der Waals surface area contributed by atoms with Crippen LogP contribution in [-0.2, 0) is 10.9 Å². The van der Waals surface area contributed by atoms with Crippen molar-refractivity contribution in [3.8, 4) is 0 Å². The molecule has 18 heavy (non-hydrogen) atoms. The quantitative estimate of drug-likeness (QED) is 0.271. The molecule has 0 aliphatic heterocycles. The molecule has 0 heterocycles. The van der Waals surface area contributed by atoms with Crippen LogP contribution < -0.4 is 0 Å². The van der Waals surface area contributed by atoms with Crippen LogP contribution in [0, 0.1) is 0 Å². The van der Waals surface area contributed by atoms with E-state index in [0.29, 0.717) is 10.9 Å². The fourth-order valence-corrected chi connectivity index (χ4v) is 3.19. The first-order valence-electron chi connectivity index (χ1n) is 8.31. The minimum Gasteiger partial charge on any atom is -0.0654 e. The van der Waals surface area contributed by atoms with Crippen molar-refractivity contribution in [2.75, 3.05) is 18.3 Å². The van der Waals surface area contributed by atoms with Crippen LogP contribution >= 0.6 is 0 Å². The van der Waals surface area contributed by atoms with Gasteiger partial charge in [0, 0.05) is 0 Å². The van der Waals surface area contributed by atoms with Crippen LogP contribution in [0.4, 0.5) is 0 Å². The van der Waals surface area contributed by atoms with Gasteiger partial charge in [-0.25, -0.2) is 0 Å². The molecular formula is C17H37S+. The van der Waals surface area contributed by atoms with Crippen LogP contribution in [0.2, 0.25) is 0 Å². The zero-order valence-corrected chi connectivity index (χ0v) is 14.1. The molecule has 0 rings (SSSR count). The van der Waals surface area contributed by atoms with E-state index in [2.05, 4.69) is 19.4 Å². The van der Waals surface area contributed by atoms with Gasteiger partial charge in [0.2, 0.25) is 0 Å².